The predicted molar refractivity (Wildman–Crippen MR) is 169 cm³/mol. The Balaban J connectivity index is 3.13. The van der Waals surface area contributed by atoms with Gasteiger partial charge in [-0.3, -0.25) is 14.4 Å². The number of benzene rings is 1. The highest BCUT2D eigenvalue weighted by atomic mass is 16.5. The van der Waals surface area contributed by atoms with Crippen molar-refractivity contribution in [3.8, 4) is 11.5 Å². The fourth-order valence-electron chi connectivity index (χ4n) is 4.76. The standard InChI is InChI=1S/C33H57N3O7/c1-10-30(37)43-28(19-25(22(4)5)31(38)36-20-33(6,7)32(35)39)26(34)18-24(21(2)3)16-23-12-13-27(41-9)29(17-23)42-15-11-14-40-8/h12-13,17,21-22,24-26,28H,10-11,14-16,18-20,34H2,1-9H3,(H2,35,39)(H,36,38)/t24-,25-,26?,28-/m0/s1. The SMILES string of the molecule is CCC(=O)O[C@@H](C[C@H](C(=O)NCC(C)(C)C(N)=O)C(C)C)C(N)C[C@H](Cc1ccc(OC)c(OCCCOC)c1)C(C)C. The maximum absolute atomic E-state index is 13.3. The summed E-state index contributed by atoms with van der Waals surface area (Å²) in [5.74, 6) is 0.237. The number of nitrogens with one attached hydrogen (secondary N) is 1. The Morgan fingerprint density at radius 1 is 0.977 bits per heavy atom. The monoisotopic (exact) mass is 607 g/mol. The van der Waals surface area contributed by atoms with E-state index < -0.39 is 29.4 Å². The van der Waals surface area contributed by atoms with E-state index in [1.54, 1.807) is 35.0 Å². The number of hydrogen-bond donors (Lipinski definition) is 3. The lowest BCUT2D eigenvalue weighted by Gasteiger charge is -2.33. The number of methoxy groups -OCH3 is 2. The Kier molecular flexibility index (Phi) is 16.6. The van der Waals surface area contributed by atoms with Gasteiger partial charge in [-0.05, 0) is 68.6 Å². The van der Waals surface area contributed by atoms with Gasteiger partial charge < -0.3 is 35.7 Å². The van der Waals surface area contributed by atoms with E-state index in [0.29, 0.717) is 37.1 Å². The lowest BCUT2D eigenvalue weighted by atomic mass is 9.80. The quantitative estimate of drug-likeness (QED) is 0.139. The lowest BCUT2D eigenvalue weighted by Crippen LogP contribution is -2.47. The summed E-state index contributed by atoms with van der Waals surface area (Å²) in [4.78, 5) is 37.5. The molecule has 2 amide bonds. The molecule has 5 N–H and O–H groups in total. The van der Waals surface area contributed by atoms with Gasteiger partial charge in [0.15, 0.2) is 11.5 Å². The molecule has 1 aromatic rings. The highest BCUT2D eigenvalue weighted by Crippen LogP contribution is 2.32. The number of hydrogen-bond acceptors (Lipinski definition) is 8. The van der Waals surface area contributed by atoms with E-state index in [9.17, 15) is 14.4 Å². The van der Waals surface area contributed by atoms with E-state index >= 15 is 0 Å². The molecule has 0 aromatic heterocycles. The second kappa shape index (κ2) is 18.7. The first-order valence-corrected chi connectivity index (χ1v) is 15.5. The molecule has 4 atom stereocenters. The Bertz CT molecular complexity index is 1010. The third-order valence-electron chi connectivity index (χ3n) is 8.04. The van der Waals surface area contributed by atoms with E-state index in [4.69, 9.17) is 30.4 Å². The van der Waals surface area contributed by atoms with Crippen LogP contribution in [0, 0.1) is 29.1 Å². The summed E-state index contributed by atoms with van der Waals surface area (Å²) in [7, 11) is 3.28. The van der Waals surface area contributed by atoms with Gasteiger partial charge in [-0.1, -0.05) is 40.7 Å². The van der Waals surface area contributed by atoms with Crippen LogP contribution >= 0.6 is 0 Å². The molecule has 0 bridgehead atoms. The smallest absolute Gasteiger partial charge is 0.305 e. The largest absolute Gasteiger partial charge is 0.493 e. The fourth-order valence-corrected chi connectivity index (χ4v) is 4.76. The number of primary amides is 1. The first-order valence-electron chi connectivity index (χ1n) is 15.5. The van der Waals surface area contributed by atoms with Gasteiger partial charge in [0.25, 0.3) is 0 Å². The average molecular weight is 608 g/mol. The number of carbonyl (C=O) groups is 3. The van der Waals surface area contributed by atoms with Crippen LogP contribution in [0.2, 0.25) is 0 Å². The molecule has 0 aliphatic carbocycles. The number of esters is 1. The molecule has 1 unspecified atom stereocenters. The third kappa shape index (κ3) is 13.1. The first-order chi connectivity index (χ1) is 20.2. The maximum atomic E-state index is 13.3. The molecule has 1 rings (SSSR count). The summed E-state index contributed by atoms with van der Waals surface area (Å²) in [5, 5.41) is 2.87. The molecule has 0 radical (unpaired) electrons. The third-order valence-corrected chi connectivity index (χ3v) is 8.04. The van der Waals surface area contributed by atoms with Crippen LogP contribution in [0.3, 0.4) is 0 Å². The zero-order chi connectivity index (χ0) is 32.7. The Morgan fingerprint density at radius 3 is 2.19 bits per heavy atom. The molecule has 246 valence electrons. The van der Waals surface area contributed by atoms with Crippen molar-refractivity contribution in [2.45, 2.75) is 92.7 Å². The van der Waals surface area contributed by atoms with Crippen LogP contribution in [0.25, 0.3) is 0 Å². The second-order valence-corrected chi connectivity index (χ2v) is 12.7. The second-order valence-electron chi connectivity index (χ2n) is 12.7. The zero-order valence-electron chi connectivity index (χ0n) is 27.9. The van der Waals surface area contributed by atoms with Crippen molar-refractivity contribution in [1.82, 2.24) is 5.32 Å². The van der Waals surface area contributed by atoms with Gasteiger partial charge in [-0.2, -0.15) is 0 Å². The van der Waals surface area contributed by atoms with Crippen LogP contribution < -0.4 is 26.3 Å². The lowest BCUT2D eigenvalue weighted by molar-refractivity contribution is -0.152. The van der Waals surface area contributed by atoms with E-state index in [0.717, 1.165) is 18.4 Å². The molecule has 10 nitrogen and oxygen atoms in total. The summed E-state index contributed by atoms with van der Waals surface area (Å²) < 4.78 is 22.4. The maximum Gasteiger partial charge on any atom is 0.305 e. The molecule has 0 aliphatic heterocycles. The molecule has 0 saturated carbocycles. The van der Waals surface area contributed by atoms with Gasteiger partial charge in [0.2, 0.25) is 11.8 Å². The molecule has 0 heterocycles. The van der Waals surface area contributed by atoms with Gasteiger partial charge in [0, 0.05) is 45.1 Å². The summed E-state index contributed by atoms with van der Waals surface area (Å²) in [5.41, 5.74) is 12.5. The minimum Gasteiger partial charge on any atom is -0.493 e. The number of amides is 2. The topological polar surface area (TPSA) is 152 Å². The average Bonchev–Trinajstić information content (AvgIpc) is 2.95. The van der Waals surface area contributed by atoms with Gasteiger partial charge in [0.1, 0.15) is 6.10 Å². The number of nitrogens with two attached hydrogens (primary N) is 2. The van der Waals surface area contributed by atoms with Crippen LogP contribution in [-0.2, 0) is 30.3 Å². The van der Waals surface area contributed by atoms with Gasteiger partial charge >= 0.3 is 5.97 Å². The molecule has 1 aromatic carbocycles. The van der Waals surface area contributed by atoms with Gasteiger partial charge in [-0.25, -0.2) is 0 Å². The van der Waals surface area contributed by atoms with Crippen molar-refractivity contribution in [2.75, 3.05) is 34.0 Å². The van der Waals surface area contributed by atoms with Crippen LogP contribution in [0.15, 0.2) is 18.2 Å². The number of rotatable bonds is 21. The fraction of sp³-hybridized carbons (Fsp3) is 0.727. The van der Waals surface area contributed by atoms with Crippen LogP contribution in [-0.4, -0.2) is 63.9 Å². The Hall–Kier alpha value is -2.85. The molecular weight excluding hydrogens is 550 g/mol. The Morgan fingerprint density at radius 2 is 1.65 bits per heavy atom. The van der Waals surface area contributed by atoms with Crippen molar-refractivity contribution in [3.63, 3.8) is 0 Å². The van der Waals surface area contributed by atoms with Crippen molar-refractivity contribution in [3.05, 3.63) is 23.8 Å². The van der Waals surface area contributed by atoms with Crippen LogP contribution in [0.5, 0.6) is 11.5 Å². The van der Waals surface area contributed by atoms with Gasteiger partial charge in [0.05, 0.1) is 19.1 Å². The van der Waals surface area contributed by atoms with Crippen molar-refractivity contribution in [1.29, 1.82) is 0 Å². The van der Waals surface area contributed by atoms with E-state index in [-0.39, 0.29) is 43.1 Å². The molecular formula is C33H57N3O7. The van der Waals surface area contributed by atoms with E-state index in [1.165, 1.54) is 0 Å². The summed E-state index contributed by atoms with van der Waals surface area (Å²) in [6.45, 7) is 14.6. The van der Waals surface area contributed by atoms with Crippen LogP contribution in [0.4, 0.5) is 0 Å². The minimum atomic E-state index is -0.886. The highest BCUT2D eigenvalue weighted by Gasteiger charge is 2.34. The van der Waals surface area contributed by atoms with E-state index in [1.807, 2.05) is 32.0 Å². The van der Waals surface area contributed by atoms with E-state index in [2.05, 4.69) is 19.2 Å². The molecule has 0 fully saturated rings. The number of carbonyl (C=O) groups excluding carboxylic acids is 3. The zero-order valence-corrected chi connectivity index (χ0v) is 27.9. The summed E-state index contributed by atoms with van der Waals surface area (Å²) in [6.07, 6.45) is 1.95. The predicted octanol–water partition coefficient (Wildman–Crippen LogP) is 4.25. The van der Waals surface area contributed by atoms with Crippen molar-refractivity contribution < 1.29 is 33.3 Å². The Labute approximate surface area is 258 Å². The molecule has 0 spiro atoms. The summed E-state index contributed by atoms with van der Waals surface area (Å²) >= 11 is 0. The van der Waals surface area contributed by atoms with Gasteiger partial charge in [-0.15, -0.1) is 0 Å². The summed E-state index contributed by atoms with van der Waals surface area (Å²) in [6, 6.07) is 5.47. The molecule has 43 heavy (non-hydrogen) atoms. The van der Waals surface area contributed by atoms with Crippen molar-refractivity contribution >= 4 is 17.8 Å². The normalized spacial score (nSPS) is 14.6. The number of ether oxygens (including phenoxy) is 4. The van der Waals surface area contributed by atoms with Crippen molar-refractivity contribution in [2.24, 2.45) is 40.6 Å². The van der Waals surface area contributed by atoms with Crippen LogP contribution in [0.1, 0.15) is 79.7 Å². The molecule has 0 saturated heterocycles. The molecule has 10 heteroatoms. The minimum absolute atomic E-state index is 0.0470. The highest BCUT2D eigenvalue weighted by molar-refractivity contribution is 5.83. The molecule has 0 aliphatic rings. The first kappa shape index (κ1) is 38.2.